The number of rotatable bonds is 5. The zero-order valence-electron chi connectivity index (χ0n) is 11.3. The van der Waals surface area contributed by atoms with Crippen molar-refractivity contribution in [3.05, 3.63) is 45.4 Å². The van der Waals surface area contributed by atoms with Crippen LogP contribution in [0.3, 0.4) is 0 Å². The van der Waals surface area contributed by atoms with Crippen LogP contribution in [0.5, 0.6) is 0 Å². The monoisotopic (exact) mass is 312 g/mol. The van der Waals surface area contributed by atoms with Gasteiger partial charge in [0.15, 0.2) is 0 Å². The summed E-state index contributed by atoms with van der Waals surface area (Å²) in [6.45, 7) is 3.65. The number of hydrogen-bond acceptors (Lipinski definition) is 5. The number of hydrogen-bond donors (Lipinski definition) is 2. The first-order valence-electron chi connectivity index (χ1n) is 6.04. The Kier molecular flexibility index (Phi) is 4.54. The lowest BCUT2D eigenvalue weighted by Crippen LogP contribution is -2.23. The molecule has 2 heterocycles. The third-order valence-electron chi connectivity index (χ3n) is 2.81. The van der Waals surface area contributed by atoms with Crippen LogP contribution < -0.4 is 4.72 Å². The molecule has 0 aliphatic carbocycles. The van der Waals surface area contributed by atoms with Crippen LogP contribution in [0.25, 0.3) is 0 Å². The first-order valence-corrected chi connectivity index (χ1v) is 8.33. The Bertz CT molecular complexity index is 691. The molecule has 7 heteroatoms. The molecule has 0 aromatic carbocycles. The molecule has 0 amide bonds. The van der Waals surface area contributed by atoms with E-state index in [1.165, 1.54) is 17.4 Å². The highest BCUT2D eigenvalue weighted by Crippen LogP contribution is 2.25. The van der Waals surface area contributed by atoms with Gasteiger partial charge in [-0.3, -0.25) is 4.98 Å². The van der Waals surface area contributed by atoms with Crippen molar-refractivity contribution in [2.24, 2.45) is 0 Å². The number of aromatic nitrogens is 1. The summed E-state index contributed by atoms with van der Waals surface area (Å²) in [7, 11) is -3.57. The topological polar surface area (TPSA) is 79.3 Å². The number of aliphatic hydroxyl groups excluding tert-OH is 1. The van der Waals surface area contributed by atoms with E-state index in [0.29, 0.717) is 9.75 Å². The summed E-state index contributed by atoms with van der Waals surface area (Å²) in [5.74, 6) is 0. The van der Waals surface area contributed by atoms with Gasteiger partial charge in [0.05, 0.1) is 11.5 Å². The molecule has 2 aromatic heterocycles. The Morgan fingerprint density at radius 3 is 2.65 bits per heavy atom. The summed E-state index contributed by atoms with van der Waals surface area (Å²) in [5, 5.41) is 9.06. The van der Waals surface area contributed by atoms with Crippen molar-refractivity contribution in [3.8, 4) is 0 Å². The number of aryl methyl sites for hydroxylation is 2. The summed E-state index contributed by atoms with van der Waals surface area (Å²) in [6, 6.07) is 5.18. The highest BCUT2D eigenvalue weighted by molar-refractivity contribution is 7.89. The van der Waals surface area contributed by atoms with Gasteiger partial charge in [-0.15, -0.1) is 11.3 Å². The lowest BCUT2D eigenvalue weighted by Gasteiger charge is -2.06. The van der Waals surface area contributed by atoms with Crippen molar-refractivity contribution in [2.45, 2.75) is 31.9 Å². The normalized spacial score (nSPS) is 11.8. The van der Waals surface area contributed by atoms with Crippen LogP contribution in [0.4, 0.5) is 0 Å². The van der Waals surface area contributed by atoms with E-state index in [-0.39, 0.29) is 18.0 Å². The minimum Gasteiger partial charge on any atom is -0.391 e. The molecule has 0 bridgehead atoms. The number of sulfonamides is 1. The first kappa shape index (κ1) is 15.1. The maximum absolute atomic E-state index is 12.2. The molecule has 5 nitrogen and oxygen atoms in total. The lowest BCUT2D eigenvalue weighted by atomic mass is 10.2. The molecule has 2 aromatic rings. The molecule has 0 unspecified atom stereocenters. The SMILES string of the molecule is Cc1ccc(CNS(=O)(=O)c2cc(CO)sc2C)cn1. The summed E-state index contributed by atoms with van der Waals surface area (Å²) < 4.78 is 27.0. The molecule has 0 saturated heterocycles. The van der Waals surface area contributed by atoms with Gasteiger partial charge in [0.1, 0.15) is 0 Å². The number of nitrogens with one attached hydrogen (secondary N) is 1. The standard InChI is InChI=1S/C13H16N2O3S2/c1-9-3-4-11(6-14-9)7-15-20(17,18)13-5-12(8-16)19-10(13)2/h3-6,15-16H,7-8H2,1-2H3. The van der Waals surface area contributed by atoms with Gasteiger partial charge < -0.3 is 5.11 Å². The molecule has 2 N–H and O–H groups in total. The average Bonchev–Trinajstić information content (AvgIpc) is 2.80. The van der Waals surface area contributed by atoms with E-state index < -0.39 is 10.0 Å². The molecular weight excluding hydrogens is 296 g/mol. The molecule has 0 atom stereocenters. The zero-order valence-corrected chi connectivity index (χ0v) is 12.9. The van der Waals surface area contributed by atoms with Crippen LogP contribution >= 0.6 is 11.3 Å². The molecule has 0 fully saturated rings. The highest BCUT2D eigenvalue weighted by Gasteiger charge is 2.19. The summed E-state index contributed by atoms with van der Waals surface area (Å²) >= 11 is 1.28. The zero-order chi connectivity index (χ0) is 14.8. The minimum atomic E-state index is -3.57. The quantitative estimate of drug-likeness (QED) is 0.881. The van der Waals surface area contributed by atoms with Gasteiger partial charge in [-0.1, -0.05) is 6.07 Å². The van der Waals surface area contributed by atoms with Crippen molar-refractivity contribution >= 4 is 21.4 Å². The summed E-state index contributed by atoms with van der Waals surface area (Å²) in [5.41, 5.74) is 1.69. The molecule has 20 heavy (non-hydrogen) atoms. The number of pyridine rings is 1. The van der Waals surface area contributed by atoms with Crippen LogP contribution in [0.15, 0.2) is 29.3 Å². The van der Waals surface area contributed by atoms with Crippen LogP contribution in [-0.4, -0.2) is 18.5 Å². The highest BCUT2D eigenvalue weighted by atomic mass is 32.2. The molecule has 0 radical (unpaired) electrons. The fourth-order valence-corrected chi connectivity index (χ4v) is 4.24. The molecular formula is C13H16N2O3S2. The Hall–Kier alpha value is -1.28. The van der Waals surface area contributed by atoms with E-state index in [1.807, 2.05) is 19.1 Å². The van der Waals surface area contributed by atoms with E-state index >= 15 is 0 Å². The van der Waals surface area contributed by atoms with Gasteiger partial charge in [-0.25, -0.2) is 13.1 Å². The average molecular weight is 312 g/mol. The van der Waals surface area contributed by atoms with Gasteiger partial charge in [-0.05, 0) is 31.5 Å². The van der Waals surface area contributed by atoms with Gasteiger partial charge in [0, 0.05) is 28.2 Å². The molecule has 0 aliphatic heterocycles. The number of thiophene rings is 1. The first-order chi connectivity index (χ1) is 9.42. The molecule has 0 spiro atoms. The minimum absolute atomic E-state index is 0.150. The van der Waals surface area contributed by atoms with Crippen molar-refractivity contribution in [1.82, 2.24) is 9.71 Å². The van der Waals surface area contributed by atoms with Gasteiger partial charge in [0.25, 0.3) is 0 Å². The Morgan fingerprint density at radius 2 is 2.10 bits per heavy atom. The van der Waals surface area contributed by atoms with Crippen LogP contribution in [-0.2, 0) is 23.2 Å². The van der Waals surface area contributed by atoms with E-state index in [9.17, 15) is 8.42 Å². The van der Waals surface area contributed by atoms with E-state index in [4.69, 9.17) is 5.11 Å². The fourth-order valence-electron chi connectivity index (χ4n) is 1.73. The Labute approximate surface area is 122 Å². The predicted molar refractivity (Wildman–Crippen MR) is 78.0 cm³/mol. The van der Waals surface area contributed by atoms with Crippen LogP contribution in [0.2, 0.25) is 0 Å². The van der Waals surface area contributed by atoms with Crippen LogP contribution in [0, 0.1) is 13.8 Å². The van der Waals surface area contributed by atoms with Gasteiger partial charge in [0.2, 0.25) is 10.0 Å². The van der Waals surface area contributed by atoms with E-state index in [1.54, 1.807) is 13.1 Å². The van der Waals surface area contributed by atoms with E-state index in [0.717, 1.165) is 11.3 Å². The van der Waals surface area contributed by atoms with Gasteiger partial charge in [-0.2, -0.15) is 0 Å². The largest absolute Gasteiger partial charge is 0.391 e. The van der Waals surface area contributed by atoms with Crippen molar-refractivity contribution in [1.29, 1.82) is 0 Å². The second-order valence-corrected chi connectivity index (χ2v) is 7.50. The maximum atomic E-state index is 12.2. The van der Waals surface area contributed by atoms with Crippen molar-refractivity contribution in [2.75, 3.05) is 0 Å². The third kappa shape index (κ3) is 3.43. The Morgan fingerprint density at radius 1 is 1.35 bits per heavy atom. The summed E-state index contributed by atoms with van der Waals surface area (Å²) in [4.78, 5) is 5.66. The number of aliphatic hydroxyl groups is 1. The summed E-state index contributed by atoms with van der Waals surface area (Å²) in [6.07, 6.45) is 1.65. The second-order valence-electron chi connectivity index (χ2n) is 4.42. The fraction of sp³-hybridized carbons (Fsp3) is 0.308. The molecule has 0 aliphatic rings. The third-order valence-corrected chi connectivity index (χ3v) is 5.50. The van der Waals surface area contributed by atoms with E-state index in [2.05, 4.69) is 9.71 Å². The van der Waals surface area contributed by atoms with Gasteiger partial charge >= 0.3 is 0 Å². The second kappa shape index (κ2) is 6.01. The lowest BCUT2D eigenvalue weighted by molar-refractivity contribution is 0.285. The smallest absolute Gasteiger partial charge is 0.241 e. The number of nitrogens with zero attached hydrogens (tertiary/aromatic N) is 1. The maximum Gasteiger partial charge on any atom is 0.241 e. The molecule has 108 valence electrons. The Balaban J connectivity index is 2.14. The van der Waals surface area contributed by atoms with Crippen LogP contribution in [0.1, 0.15) is 21.0 Å². The molecule has 0 saturated carbocycles. The molecule has 2 rings (SSSR count). The predicted octanol–water partition coefficient (Wildman–Crippen LogP) is 1.73. The van der Waals surface area contributed by atoms with Crippen molar-refractivity contribution in [3.63, 3.8) is 0 Å². The van der Waals surface area contributed by atoms with Crippen molar-refractivity contribution < 1.29 is 13.5 Å².